The fourth-order valence-corrected chi connectivity index (χ4v) is 5.92. The van der Waals surface area contributed by atoms with E-state index in [2.05, 4.69) is 20.3 Å². The zero-order valence-electron chi connectivity index (χ0n) is 16.6. The van der Waals surface area contributed by atoms with Crippen LogP contribution in [0.25, 0.3) is 0 Å². The van der Waals surface area contributed by atoms with Crippen molar-refractivity contribution in [3.8, 4) is 0 Å². The van der Waals surface area contributed by atoms with E-state index in [-0.39, 0.29) is 13.1 Å². The lowest BCUT2D eigenvalue weighted by atomic mass is 10.1. The Hall–Kier alpha value is -1.46. The first kappa shape index (κ1) is 22.8. The normalized spacial score (nSPS) is 14.7. The van der Waals surface area contributed by atoms with Crippen LogP contribution in [0.4, 0.5) is 0 Å². The van der Waals surface area contributed by atoms with Gasteiger partial charge < -0.3 is 15.7 Å². The van der Waals surface area contributed by atoms with Gasteiger partial charge in [0.05, 0.1) is 11.4 Å². The molecule has 0 radical (unpaired) electrons. The molecular formula is C18H28N4O3S3. The molecular weight excluding hydrogens is 416 g/mol. The van der Waals surface area contributed by atoms with Gasteiger partial charge in [-0.15, -0.1) is 22.7 Å². The Kier molecular flexibility index (Phi) is 8.02. The molecule has 0 amide bonds. The molecule has 0 fully saturated rings. The molecule has 0 aromatic carbocycles. The number of nitrogens with zero attached hydrogens (tertiary/aromatic N) is 1. The van der Waals surface area contributed by atoms with Crippen LogP contribution >= 0.6 is 22.7 Å². The van der Waals surface area contributed by atoms with E-state index < -0.39 is 15.6 Å². The van der Waals surface area contributed by atoms with Crippen LogP contribution < -0.4 is 15.4 Å². The molecule has 7 nitrogen and oxygen atoms in total. The summed E-state index contributed by atoms with van der Waals surface area (Å²) >= 11 is 2.95. The van der Waals surface area contributed by atoms with Gasteiger partial charge in [-0.05, 0) is 45.2 Å². The fraction of sp³-hybridized carbons (Fsp3) is 0.500. The van der Waals surface area contributed by atoms with Crippen LogP contribution in [0.3, 0.4) is 0 Å². The minimum Gasteiger partial charge on any atom is -0.383 e. The van der Waals surface area contributed by atoms with Crippen LogP contribution in [0.15, 0.2) is 33.5 Å². The van der Waals surface area contributed by atoms with E-state index >= 15 is 0 Å². The predicted molar refractivity (Wildman–Crippen MR) is 117 cm³/mol. The molecule has 0 bridgehead atoms. The van der Waals surface area contributed by atoms with E-state index in [0.717, 1.165) is 14.6 Å². The fourth-order valence-electron chi connectivity index (χ4n) is 2.56. The van der Waals surface area contributed by atoms with E-state index in [4.69, 9.17) is 0 Å². The van der Waals surface area contributed by atoms with Crippen LogP contribution in [0.2, 0.25) is 0 Å². The average Bonchev–Trinajstić information content (AvgIpc) is 3.27. The largest absolute Gasteiger partial charge is 0.383 e. The first-order valence-electron chi connectivity index (χ1n) is 9.01. The Morgan fingerprint density at radius 3 is 2.61 bits per heavy atom. The molecule has 2 rings (SSSR count). The van der Waals surface area contributed by atoms with Gasteiger partial charge in [-0.1, -0.05) is 6.07 Å². The monoisotopic (exact) mass is 444 g/mol. The second-order valence-electron chi connectivity index (χ2n) is 6.55. The van der Waals surface area contributed by atoms with Gasteiger partial charge in [0.15, 0.2) is 5.96 Å². The number of rotatable bonds is 9. The van der Waals surface area contributed by atoms with Crippen molar-refractivity contribution in [3.05, 3.63) is 38.2 Å². The molecule has 1 unspecified atom stereocenters. The summed E-state index contributed by atoms with van der Waals surface area (Å²) in [5, 5.41) is 18.7. The van der Waals surface area contributed by atoms with Gasteiger partial charge in [-0.25, -0.2) is 18.1 Å². The molecule has 2 heterocycles. The summed E-state index contributed by atoms with van der Waals surface area (Å²) in [6.07, 6.45) is 0. The Morgan fingerprint density at radius 1 is 1.29 bits per heavy atom. The molecule has 0 saturated carbocycles. The first-order chi connectivity index (χ1) is 13.2. The van der Waals surface area contributed by atoms with E-state index in [1.54, 1.807) is 19.9 Å². The topological polar surface area (TPSA) is 103 Å². The average molecular weight is 445 g/mol. The number of nitrogens with one attached hydrogen (secondary N) is 3. The van der Waals surface area contributed by atoms with Gasteiger partial charge in [0.25, 0.3) is 0 Å². The van der Waals surface area contributed by atoms with Crippen molar-refractivity contribution in [1.82, 2.24) is 15.4 Å². The summed E-state index contributed by atoms with van der Waals surface area (Å²) in [6, 6.07) is 5.46. The van der Waals surface area contributed by atoms with Crippen LogP contribution in [0.1, 0.15) is 28.5 Å². The van der Waals surface area contributed by atoms with Crippen LogP contribution in [-0.4, -0.2) is 45.7 Å². The lowest BCUT2D eigenvalue weighted by molar-refractivity contribution is 0.0711. The third-order valence-corrected chi connectivity index (χ3v) is 7.74. The van der Waals surface area contributed by atoms with Crippen LogP contribution in [0, 0.1) is 13.8 Å². The summed E-state index contributed by atoms with van der Waals surface area (Å²) in [6.45, 7) is 8.82. The van der Waals surface area contributed by atoms with Crippen molar-refractivity contribution in [2.45, 2.75) is 38.2 Å². The molecule has 0 spiro atoms. The van der Waals surface area contributed by atoms with Gasteiger partial charge in [0.1, 0.15) is 5.60 Å². The van der Waals surface area contributed by atoms with Gasteiger partial charge in [-0.2, -0.15) is 0 Å². The second-order valence-corrected chi connectivity index (χ2v) is 10.7. The van der Waals surface area contributed by atoms with Gasteiger partial charge in [0.2, 0.25) is 10.0 Å². The third kappa shape index (κ3) is 6.28. The highest BCUT2D eigenvalue weighted by Crippen LogP contribution is 2.25. The minimum absolute atomic E-state index is 0.196. The Balaban J connectivity index is 1.90. The lowest BCUT2D eigenvalue weighted by Gasteiger charge is -2.20. The highest BCUT2D eigenvalue weighted by molar-refractivity contribution is 7.89. The SMILES string of the molecule is CCNC(=NCC(C)(O)c1cccs1)NCCNS(=O)(=O)c1cc(C)sc1C. The number of thiophene rings is 2. The van der Waals surface area contributed by atoms with E-state index in [0.29, 0.717) is 23.9 Å². The number of sulfonamides is 1. The van der Waals surface area contributed by atoms with Crippen molar-refractivity contribution in [2.75, 3.05) is 26.2 Å². The zero-order valence-corrected chi connectivity index (χ0v) is 19.0. The molecule has 28 heavy (non-hydrogen) atoms. The van der Waals surface area contributed by atoms with Crippen molar-refractivity contribution in [1.29, 1.82) is 0 Å². The van der Waals surface area contributed by atoms with Crippen molar-refractivity contribution in [2.24, 2.45) is 4.99 Å². The molecule has 0 aliphatic rings. The van der Waals surface area contributed by atoms with Gasteiger partial charge in [0, 0.05) is 34.3 Å². The lowest BCUT2D eigenvalue weighted by Crippen LogP contribution is -2.42. The van der Waals surface area contributed by atoms with Crippen molar-refractivity contribution >= 4 is 38.7 Å². The maximum Gasteiger partial charge on any atom is 0.241 e. The predicted octanol–water partition coefficient (Wildman–Crippen LogP) is 2.17. The minimum atomic E-state index is -3.52. The summed E-state index contributed by atoms with van der Waals surface area (Å²) in [7, 11) is -3.52. The van der Waals surface area contributed by atoms with E-state index in [1.165, 1.54) is 22.7 Å². The van der Waals surface area contributed by atoms with Gasteiger partial charge >= 0.3 is 0 Å². The summed E-state index contributed by atoms with van der Waals surface area (Å²) in [4.78, 5) is 7.36. The molecule has 0 aliphatic carbocycles. The smallest absolute Gasteiger partial charge is 0.241 e. The zero-order chi connectivity index (χ0) is 20.8. The Labute approximate surface area is 175 Å². The maximum atomic E-state index is 12.4. The molecule has 10 heteroatoms. The van der Waals surface area contributed by atoms with Crippen molar-refractivity contribution < 1.29 is 13.5 Å². The highest BCUT2D eigenvalue weighted by Gasteiger charge is 2.24. The van der Waals surface area contributed by atoms with E-state index in [9.17, 15) is 13.5 Å². The maximum absolute atomic E-state index is 12.4. The van der Waals surface area contributed by atoms with Crippen molar-refractivity contribution in [3.63, 3.8) is 0 Å². The number of aliphatic imine (C=N–C) groups is 1. The molecule has 2 aromatic heterocycles. The molecule has 1 atom stereocenters. The third-order valence-electron chi connectivity index (χ3n) is 3.94. The molecule has 0 aliphatic heterocycles. The number of aliphatic hydroxyl groups is 1. The number of guanidine groups is 1. The standard InChI is InChI=1S/C18H28N4O3S3/c1-5-19-17(21-12-18(4,23)16-7-6-10-26-16)20-8-9-22-28(24,25)15-11-13(2)27-14(15)3/h6-7,10-11,22-23H,5,8-9,12H2,1-4H3,(H2,19,20,21). The van der Waals surface area contributed by atoms with Gasteiger partial charge in [-0.3, -0.25) is 0 Å². The summed E-state index contributed by atoms with van der Waals surface area (Å²) < 4.78 is 27.4. The summed E-state index contributed by atoms with van der Waals surface area (Å²) in [5.74, 6) is 0.529. The molecule has 2 aromatic rings. The second kappa shape index (κ2) is 9.84. The molecule has 4 N–H and O–H groups in total. The van der Waals surface area contributed by atoms with Crippen LogP contribution in [0.5, 0.6) is 0 Å². The first-order valence-corrected chi connectivity index (χ1v) is 12.2. The molecule has 0 saturated heterocycles. The molecule has 156 valence electrons. The Morgan fingerprint density at radius 2 is 2.04 bits per heavy atom. The highest BCUT2D eigenvalue weighted by atomic mass is 32.2. The number of hydrogen-bond donors (Lipinski definition) is 4. The van der Waals surface area contributed by atoms with E-state index in [1.807, 2.05) is 31.4 Å². The summed E-state index contributed by atoms with van der Waals surface area (Å²) in [5.41, 5.74) is -1.05. The quantitative estimate of drug-likeness (QED) is 0.270. The number of hydrogen-bond acceptors (Lipinski definition) is 6. The van der Waals surface area contributed by atoms with Crippen LogP contribution in [-0.2, 0) is 15.6 Å². The number of aryl methyl sites for hydroxylation is 2. The Bertz CT molecular complexity index is 887.